The van der Waals surface area contributed by atoms with Gasteiger partial charge >= 0.3 is 0 Å². The van der Waals surface area contributed by atoms with Crippen LogP contribution in [0.4, 0.5) is 0 Å². The zero-order valence-electron chi connectivity index (χ0n) is 14.2. The summed E-state index contributed by atoms with van der Waals surface area (Å²) in [7, 11) is 1.64. The Labute approximate surface area is 139 Å². The summed E-state index contributed by atoms with van der Waals surface area (Å²) in [4.78, 5) is 11.8. The van der Waals surface area contributed by atoms with Crippen LogP contribution in [0.3, 0.4) is 0 Å². The van der Waals surface area contributed by atoms with E-state index < -0.39 is 0 Å². The molecule has 0 bridgehead atoms. The zero-order valence-corrected chi connectivity index (χ0v) is 14.2. The molecular formula is C19H29NO3. The maximum atomic E-state index is 11.8. The minimum atomic E-state index is 0.138. The van der Waals surface area contributed by atoms with Gasteiger partial charge in [-0.2, -0.15) is 0 Å². The molecule has 128 valence electrons. The first kappa shape index (κ1) is 17.6. The van der Waals surface area contributed by atoms with E-state index in [4.69, 9.17) is 9.47 Å². The highest BCUT2D eigenvalue weighted by Crippen LogP contribution is 2.27. The molecule has 0 aromatic heterocycles. The van der Waals surface area contributed by atoms with Gasteiger partial charge < -0.3 is 14.8 Å². The van der Waals surface area contributed by atoms with Crippen molar-refractivity contribution in [3.63, 3.8) is 0 Å². The highest BCUT2D eigenvalue weighted by Gasteiger charge is 2.13. The van der Waals surface area contributed by atoms with Gasteiger partial charge in [0.25, 0.3) is 0 Å². The molecule has 1 aliphatic rings. The van der Waals surface area contributed by atoms with Crippen molar-refractivity contribution in [3.8, 4) is 11.5 Å². The smallest absolute Gasteiger partial charge is 0.220 e. The topological polar surface area (TPSA) is 47.6 Å². The normalized spacial score (nSPS) is 15.2. The fourth-order valence-corrected chi connectivity index (χ4v) is 3.15. The summed E-state index contributed by atoms with van der Waals surface area (Å²) in [5, 5.41) is 2.92. The zero-order chi connectivity index (χ0) is 16.3. The Hall–Kier alpha value is -1.71. The van der Waals surface area contributed by atoms with Gasteiger partial charge in [-0.05, 0) is 43.0 Å². The molecule has 0 spiro atoms. The highest BCUT2D eigenvalue weighted by atomic mass is 16.5. The molecule has 23 heavy (non-hydrogen) atoms. The summed E-state index contributed by atoms with van der Waals surface area (Å²) in [6.45, 7) is 1.04. The maximum absolute atomic E-state index is 11.8. The van der Waals surface area contributed by atoms with E-state index in [2.05, 4.69) is 5.32 Å². The molecule has 0 radical (unpaired) electrons. The molecule has 0 atom stereocenters. The minimum Gasteiger partial charge on any atom is -0.497 e. The Morgan fingerprint density at radius 2 is 1.83 bits per heavy atom. The van der Waals surface area contributed by atoms with E-state index in [1.165, 1.54) is 38.5 Å². The van der Waals surface area contributed by atoms with E-state index in [0.717, 1.165) is 23.8 Å². The SMILES string of the molecule is COc1ccc(OCCNC(=O)CCCC2CCCCC2)cc1. The average molecular weight is 319 g/mol. The van der Waals surface area contributed by atoms with Gasteiger partial charge in [0.15, 0.2) is 0 Å². The molecule has 1 aliphatic carbocycles. The van der Waals surface area contributed by atoms with Crippen LogP contribution in [0, 0.1) is 5.92 Å². The summed E-state index contributed by atoms with van der Waals surface area (Å²) in [5.74, 6) is 2.59. The summed E-state index contributed by atoms with van der Waals surface area (Å²) in [6, 6.07) is 7.45. The molecule has 1 aromatic rings. The molecule has 1 aromatic carbocycles. The number of amides is 1. The van der Waals surface area contributed by atoms with Crippen molar-refractivity contribution in [2.75, 3.05) is 20.3 Å². The van der Waals surface area contributed by atoms with Gasteiger partial charge in [0, 0.05) is 6.42 Å². The third kappa shape index (κ3) is 6.93. The molecule has 1 amide bonds. The molecule has 0 heterocycles. The van der Waals surface area contributed by atoms with Crippen LogP contribution < -0.4 is 14.8 Å². The number of rotatable bonds is 9. The lowest BCUT2D eigenvalue weighted by atomic mass is 9.86. The fourth-order valence-electron chi connectivity index (χ4n) is 3.15. The molecule has 1 saturated carbocycles. The van der Waals surface area contributed by atoms with Gasteiger partial charge in [0.05, 0.1) is 13.7 Å². The predicted octanol–water partition coefficient (Wildman–Crippen LogP) is 3.94. The van der Waals surface area contributed by atoms with Gasteiger partial charge in [-0.15, -0.1) is 0 Å². The molecular weight excluding hydrogens is 290 g/mol. The van der Waals surface area contributed by atoms with E-state index >= 15 is 0 Å². The van der Waals surface area contributed by atoms with Crippen LogP contribution in [-0.2, 0) is 4.79 Å². The second-order valence-electron chi connectivity index (χ2n) is 6.27. The molecule has 2 rings (SSSR count). The lowest BCUT2D eigenvalue weighted by molar-refractivity contribution is -0.121. The monoisotopic (exact) mass is 319 g/mol. The van der Waals surface area contributed by atoms with Crippen molar-refractivity contribution in [2.45, 2.75) is 51.4 Å². The lowest BCUT2D eigenvalue weighted by Crippen LogP contribution is -2.27. The highest BCUT2D eigenvalue weighted by molar-refractivity contribution is 5.75. The first-order valence-electron chi connectivity index (χ1n) is 8.81. The minimum absolute atomic E-state index is 0.138. The third-order valence-electron chi connectivity index (χ3n) is 4.49. The quantitative estimate of drug-likeness (QED) is 0.701. The fraction of sp³-hybridized carbons (Fsp3) is 0.632. The number of carbonyl (C=O) groups excluding carboxylic acids is 1. The lowest BCUT2D eigenvalue weighted by Gasteiger charge is -2.21. The number of hydrogen-bond acceptors (Lipinski definition) is 3. The van der Waals surface area contributed by atoms with Crippen LogP contribution in [0.15, 0.2) is 24.3 Å². The van der Waals surface area contributed by atoms with Crippen molar-refractivity contribution in [1.82, 2.24) is 5.32 Å². The number of hydrogen-bond donors (Lipinski definition) is 1. The summed E-state index contributed by atoms with van der Waals surface area (Å²) >= 11 is 0. The van der Waals surface area contributed by atoms with Crippen LogP contribution in [0.25, 0.3) is 0 Å². The Morgan fingerprint density at radius 1 is 1.13 bits per heavy atom. The Bertz CT molecular complexity index is 452. The summed E-state index contributed by atoms with van der Waals surface area (Å²) in [6.07, 6.45) is 9.71. The third-order valence-corrected chi connectivity index (χ3v) is 4.49. The molecule has 1 N–H and O–H groups in total. The van der Waals surface area contributed by atoms with Crippen molar-refractivity contribution in [3.05, 3.63) is 24.3 Å². The van der Waals surface area contributed by atoms with E-state index in [1.807, 2.05) is 24.3 Å². The molecule has 0 saturated heterocycles. The van der Waals surface area contributed by atoms with Crippen LogP contribution in [0.1, 0.15) is 51.4 Å². The molecule has 4 heteroatoms. The van der Waals surface area contributed by atoms with Crippen molar-refractivity contribution >= 4 is 5.91 Å². The van der Waals surface area contributed by atoms with Crippen molar-refractivity contribution < 1.29 is 14.3 Å². The number of nitrogens with one attached hydrogen (secondary N) is 1. The van der Waals surface area contributed by atoms with Gasteiger partial charge in [-0.25, -0.2) is 0 Å². The predicted molar refractivity (Wildman–Crippen MR) is 91.9 cm³/mol. The molecule has 1 fully saturated rings. The molecule has 4 nitrogen and oxygen atoms in total. The van der Waals surface area contributed by atoms with Crippen LogP contribution in [0.5, 0.6) is 11.5 Å². The number of benzene rings is 1. The second kappa shape index (κ2) is 10.1. The number of carbonyl (C=O) groups is 1. The standard InChI is InChI=1S/C19H29NO3/c1-22-17-10-12-18(13-11-17)23-15-14-20-19(21)9-5-8-16-6-3-2-4-7-16/h10-13,16H,2-9,14-15H2,1H3,(H,20,21). The molecule has 0 aliphatic heterocycles. The Balaban J connectivity index is 1.50. The Morgan fingerprint density at radius 3 is 2.52 bits per heavy atom. The van der Waals surface area contributed by atoms with Crippen LogP contribution in [-0.4, -0.2) is 26.2 Å². The van der Waals surface area contributed by atoms with Crippen molar-refractivity contribution in [2.24, 2.45) is 5.92 Å². The molecule has 0 unspecified atom stereocenters. The van der Waals surface area contributed by atoms with Gasteiger partial charge in [-0.1, -0.05) is 32.1 Å². The number of ether oxygens (including phenoxy) is 2. The van der Waals surface area contributed by atoms with E-state index in [0.29, 0.717) is 19.6 Å². The van der Waals surface area contributed by atoms with E-state index in [9.17, 15) is 4.79 Å². The van der Waals surface area contributed by atoms with Gasteiger partial charge in [0.2, 0.25) is 5.91 Å². The second-order valence-corrected chi connectivity index (χ2v) is 6.27. The first-order chi connectivity index (χ1) is 11.3. The van der Waals surface area contributed by atoms with Crippen LogP contribution >= 0.6 is 0 Å². The van der Waals surface area contributed by atoms with E-state index in [-0.39, 0.29) is 5.91 Å². The summed E-state index contributed by atoms with van der Waals surface area (Å²) < 4.78 is 10.7. The van der Waals surface area contributed by atoms with Crippen molar-refractivity contribution in [1.29, 1.82) is 0 Å². The average Bonchev–Trinajstić information content (AvgIpc) is 2.60. The van der Waals surface area contributed by atoms with E-state index in [1.54, 1.807) is 7.11 Å². The maximum Gasteiger partial charge on any atom is 0.220 e. The van der Waals surface area contributed by atoms with Gasteiger partial charge in [0.1, 0.15) is 18.1 Å². The first-order valence-corrected chi connectivity index (χ1v) is 8.81. The van der Waals surface area contributed by atoms with Gasteiger partial charge in [-0.3, -0.25) is 4.79 Å². The number of methoxy groups -OCH3 is 1. The Kier molecular flexibility index (Phi) is 7.78. The summed E-state index contributed by atoms with van der Waals surface area (Å²) in [5.41, 5.74) is 0. The van der Waals surface area contributed by atoms with Crippen LogP contribution in [0.2, 0.25) is 0 Å². The largest absolute Gasteiger partial charge is 0.497 e.